The van der Waals surface area contributed by atoms with Gasteiger partial charge in [-0.1, -0.05) is 99.1 Å². The van der Waals surface area contributed by atoms with Gasteiger partial charge < -0.3 is 60.5 Å². The zero-order valence-electron chi connectivity index (χ0n) is 58.3. The van der Waals surface area contributed by atoms with Crippen molar-refractivity contribution in [3.8, 4) is 0 Å². The second-order valence-electron chi connectivity index (χ2n) is 28.0. The average molecular weight is 1410 g/mol. The van der Waals surface area contributed by atoms with E-state index in [0.717, 1.165) is 29.3 Å². The molecule has 1 aliphatic carbocycles. The van der Waals surface area contributed by atoms with Gasteiger partial charge in [0.15, 0.2) is 0 Å². The lowest BCUT2D eigenvalue weighted by Gasteiger charge is -2.45. The summed E-state index contributed by atoms with van der Waals surface area (Å²) >= 11 is 2.15. The number of benzene rings is 1. The van der Waals surface area contributed by atoms with Crippen LogP contribution in [0.15, 0.2) is 24.3 Å². The topological polar surface area (TPSA) is 279 Å². The number of likely N-dealkylation sites (N-methyl/N-ethyl adjacent to an activating group) is 6. The molecule has 0 bridgehead atoms. The van der Waals surface area contributed by atoms with Gasteiger partial charge >= 0.3 is 0 Å². The summed E-state index contributed by atoms with van der Waals surface area (Å²) < 4.78 is 0.867. The van der Waals surface area contributed by atoms with Crippen molar-refractivity contribution in [1.29, 1.82) is 0 Å². The number of amides is 12. The Kier molecular flexibility index (Phi) is 29.0. The number of halogens is 1. The third kappa shape index (κ3) is 20.1. The van der Waals surface area contributed by atoms with Crippen molar-refractivity contribution in [2.24, 2.45) is 23.7 Å². The Morgan fingerprint density at radius 3 is 1.85 bits per heavy atom. The molecule has 10 atom stereocenters. The van der Waals surface area contributed by atoms with Gasteiger partial charge in [0.1, 0.15) is 59.9 Å². The minimum absolute atomic E-state index is 0.00601. The van der Waals surface area contributed by atoms with Crippen LogP contribution in [0.4, 0.5) is 0 Å². The minimum Gasteiger partial charge on any atom is -0.343 e. The van der Waals surface area contributed by atoms with E-state index in [2.05, 4.69) is 43.9 Å². The fourth-order valence-electron chi connectivity index (χ4n) is 12.5. The van der Waals surface area contributed by atoms with Crippen LogP contribution in [0.3, 0.4) is 0 Å². The number of hydrogen-bond donors (Lipinski definition) is 4. The largest absolute Gasteiger partial charge is 0.343 e. The maximum absolute atomic E-state index is 15.1. The molecule has 0 unspecified atom stereocenters. The summed E-state index contributed by atoms with van der Waals surface area (Å²) in [5, 5.41) is 11.6. The van der Waals surface area contributed by atoms with Gasteiger partial charge in [0, 0.05) is 71.9 Å². The number of likely N-dealkylation sites (tertiary alicyclic amines) is 1. The third-order valence-electron chi connectivity index (χ3n) is 19.8. The first-order chi connectivity index (χ1) is 43.7. The smallest absolute Gasteiger partial charge is 0.246 e. The molecule has 520 valence electrons. The monoisotopic (exact) mass is 1410 g/mol. The van der Waals surface area contributed by atoms with Crippen LogP contribution in [-0.2, 0) is 64.0 Å². The molecule has 1 saturated carbocycles. The molecule has 93 heavy (non-hydrogen) atoms. The van der Waals surface area contributed by atoms with Crippen LogP contribution in [0, 0.1) is 27.2 Å². The fourth-order valence-corrected chi connectivity index (χ4v) is 13.1. The SMILES string of the molecule is CCCC[C@@H]1NC(=O)[C@H](Cc2cccc(I)c2)NC(=O)CN(C)C(=O)[C@H](CC2CCC2)N(C)C(=O)[C@@H]2CCN2C(=O)[C@H](C)N(C)C(=O)[C@H]([C@@H](C)CC)NC(=O)[C@H](CC(C)C)N(C)C(=O)C[C@@H](C(=O)N2CCCCC2)N(C)C(=O)[C@H](CC(C)C)NC(=O)C(C)(C)N(C)C1=O. The highest BCUT2D eigenvalue weighted by molar-refractivity contribution is 14.1. The summed E-state index contributed by atoms with van der Waals surface area (Å²) in [7, 11) is 8.72. The van der Waals surface area contributed by atoms with Crippen molar-refractivity contribution in [3.63, 3.8) is 0 Å². The first-order valence-corrected chi connectivity index (χ1v) is 34.9. The van der Waals surface area contributed by atoms with Crippen LogP contribution in [0.1, 0.15) is 171 Å². The van der Waals surface area contributed by atoms with Gasteiger partial charge in [-0.2, -0.15) is 0 Å². The van der Waals surface area contributed by atoms with E-state index in [4.69, 9.17) is 0 Å². The minimum atomic E-state index is -1.67. The van der Waals surface area contributed by atoms with E-state index in [0.29, 0.717) is 57.2 Å². The van der Waals surface area contributed by atoms with Gasteiger partial charge in [0.2, 0.25) is 70.9 Å². The molecule has 4 N–H and O–H groups in total. The lowest BCUT2D eigenvalue weighted by atomic mass is 9.80. The molecule has 3 heterocycles. The maximum Gasteiger partial charge on any atom is 0.246 e. The molecular weight excluding hydrogens is 1300 g/mol. The number of nitrogens with zero attached hydrogens (tertiary/aromatic N) is 8. The van der Waals surface area contributed by atoms with Crippen LogP contribution in [0.2, 0.25) is 0 Å². The molecule has 24 nitrogen and oxygen atoms in total. The molecule has 4 aliphatic rings. The summed E-state index contributed by atoms with van der Waals surface area (Å²) in [4.78, 5) is 188. The van der Waals surface area contributed by atoms with Crippen LogP contribution >= 0.6 is 22.6 Å². The van der Waals surface area contributed by atoms with Gasteiger partial charge in [0.25, 0.3) is 0 Å². The standard InChI is InChI=1S/C68H109IN12O12/c1-17-19-29-48-62(88)79(16)68(9,10)67(93)72-50(34-41(3)4)61(87)77(14)54(65(91)80-31-21-20-22-32-80)39-56(83)76(13)52(35-42(5)6)59(85)73-57(43(7)18-2)66(92)75(12)44(8)60(86)81-33-30-51(81)64(90)78(15)53(38-45-25-23-26-45)63(89)74(11)40-55(82)70-49(58(84)71-48)37-46-27-24-28-47(69)36-46/h24,27-28,36,41-45,48-54,57H,17-23,25-26,29-35,37-40H2,1-16H3,(H,70,82)(H,71,84)(H,72,93)(H,73,85)/t43-,44-,48-,49-,50-,51-,52-,53-,54-,57-/m0/s1. The van der Waals surface area contributed by atoms with E-state index < -0.39 is 150 Å². The van der Waals surface area contributed by atoms with Gasteiger partial charge in [-0.05, 0) is 136 Å². The molecule has 12 amide bonds. The molecule has 3 saturated heterocycles. The number of carbonyl (C=O) groups is 12. The van der Waals surface area contributed by atoms with Crippen molar-refractivity contribution in [2.75, 3.05) is 68.5 Å². The lowest BCUT2D eigenvalue weighted by Crippen LogP contribution is -2.65. The molecule has 0 spiro atoms. The molecule has 3 aliphatic heterocycles. The zero-order valence-corrected chi connectivity index (χ0v) is 60.5. The van der Waals surface area contributed by atoms with Crippen LogP contribution < -0.4 is 21.3 Å². The molecular formula is C68H109IN12O12. The Bertz CT molecular complexity index is 2840. The zero-order chi connectivity index (χ0) is 69.5. The van der Waals surface area contributed by atoms with Gasteiger partial charge in [0.05, 0.1) is 13.0 Å². The van der Waals surface area contributed by atoms with E-state index in [1.165, 1.54) is 90.4 Å². The van der Waals surface area contributed by atoms with E-state index in [1.54, 1.807) is 24.8 Å². The predicted molar refractivity (Wildman–Crippen MR) is 362 cm³/mol. The Morgan fingerprint density at radius 1 is 0.645 bits per heavy atom. The highest BCUT2D eigenvalue weighted by Gasteiger charge is 2.47. The first kappa shape index (κ1) is 77.3. The van der Waals surface area contributed by atoms with E-state index >= 15 is 4.79 Å². The average Bonchev–Trinajstić information content (AvgIpc) is 0.828. The van der Waals surface area contributed by atoms with E-state index in [1.807, 2.05) is 59.7 Å². The third-order valence-corrected chi connectivity index (χ3v) is 20.4. The van der Waals surface area contributed by atoms with Gasteiger partial charge in [-0.3, -0.25) is 57.5 Å². The van der Waals surface area contributed by atoms with Gasteiger partial charge in [-0.25, -0.2) is 0 Å². The van der Waals surface area contributed by atoms with Crippen LogP contribution in [0.25, 0.3) is 0 Å². The Labute approximate surface area is 566 Å². The van der Waals surface area contributed by atoms with Crippen LogP contribution in [0.5, 0.6) is 0 Å². The lowest BCUT2D eigenvalue weighted by molar-refractivity contribution is -0.160. The number of rotatable bonds is 14. The van der Waals surface area contributed by atoms with Crippen LogP contribution in [-0.4, -0.2) is 238 Å². The highest BCUT2D eigenvalue weighted by atomic mass is 127. The molecule has 1 aromatic rings. The Hall–Kier alpha value is -6.41. The number of unbranched alkanes of at least 4 members (excludes halogenated alkanes) is 1. The van der Waals surface area contributed by atoms with E-state index in [-0.39, 0.29) is 56.4 Å². The van der Waals surface area contributed by atoms with Crippen molar-refractivity contribution >= 4 is 93.5 Å². The summed E-state index contributed by atoms with van der Waals surface area (Å²) in [6.07, 6.45) is 6.92. The maximum atomic E-state index is 15.1. The summed E-state index contributed by atoms with van der Waals surface area (Å²) in [6, 6.07) is -3.21. The van der Waals surface area contributed by atoms with Crippen molar-refractivity contribution in [2.45, 2.75) is 232 Å². The predicted octanol–water partition coefficient (Wildman–Crippen LogP) is 4.33. The molecule has 4 fully saturated rings. The summed E-state index contributed by atoms with van der Waals surface area (Å²) in [5.74, 6) is -8.00. The number of carbonyl (C=O) groups excluding carboxylic acids is 12. The number of hydrogen-bond acceptors (Lipinski definition) is 12. The van der Waals surface area contributed by atoms with Gasteiger partial charge in [-0.15, -0.1) is 0 Å². The number of fused-ring (bicyclic) bond motifs is 1. The Balaban J connectivity index is 1.61. The summed E-state index contributed by atoms with van der Waals surface area (Å²) in [5.41, 5.74) is -0.979. The molecule has 0 radical (unpaired) electrons. The summed E-state index contributed by atoms with van der Waals surface area (Å²) in [6.45, 7) is 18.1. The fraction of sp³-hybridized carbons (Fsp3) is 0.735. The molecule has 0 aromatic heterocycles. The second kappa shape index (κ2) is 34.8. The first-order valence-electron chi connectivity index (χ1n) is 33.8. The number of piperidine rings is 1. The Morgan fingerprint density at radius 2 is 1.29 bits per heavy atom. The van der Waals surface area contributed by atoms with Crippen molar-refractivity contribution in [1.82, 2.24) is 60.5 Å². The number of nitrogens with one attached hydrogen (secondary N) is 4. The normalized spacial score (nSPS) is 27.1. The molecule has 5 rings (SSSR count). The highest BCUT2D eigenvalue weighted by Crippen LogP contribution is 2.33. The molecule has 25 heteroatoms. The van der Waals surface area contributed by atoms with Crippen molar-refractivity contribution in [3.05, 3.63) is 33.4 Å². The second-order valence-corrected chi connectivity index (χ2v) is 29.2. The quantitative estimate of drug-likeness (QED) is 0.190. The van der Waals surface area contributed by atoms with Crippen molar-refractivity contribution < 1.29 is 57.5 Å². The molecule has 1 aromatic carbocycles. The van der Waals surface area contributed by atoms with E-state index in [9.17, 15) is 52.7 Å².